The lowest BCUT2D eigenvalue weighted by Gasteiger charge is -2.19. The molecule has 0 aliphatic rings. The highest BCUT2D eigenvalue weighted by Gasteiger charge is 2.16. The molecular weight excluding hydrogens is 344 g/mol. The molecule has 0 saturated carbocycles. The molecule has 0 aliphatic heterocycles. The number of rotatable bonds is 4. The van der Waals surface area contributed by atoms with E-state index in [-0.39, 0.29) is 11.9 Å². The standard InChI is InChI=1S/C13H13FIN3/c1-2-18-13(9-6-16-8-17-7-9)11-4-3-10(14)5-12(11)15/h3-8,13,18H,2H2,1H3. The van der Waals surface area contributed by atoms with Gasteiger partial charge < -0.3 is 5.32 Å². The number of halogens is 2. The zero-order chi connectivity index (χ0) is 13.0. The highest BCUT2D eigenvalue weighted by atomic mass is 127. The Morgan fingerprint density at radius 3 is 2.67 bits per heavy atom. The van der Waals surface area contributed by atoms with Gasteiger partial charge >= 0.3 is 0 Å². The molecule has 1 heterocycles. The minimum Gasteiger partial charge on any atom is -0.306 e. The third-order valence-electron chi connectivity index (χ3n) is 2.60. The predicted octanol–water partition coefficient (Wildman–Crippen LogP) is 2.92. The van der Waals surface area contributed by atoms with E-state index in [2.05, 4.69) is 37.9 Å². The van der Waals surface area contributed by atoms with Crippen LogP contribution in [0.1, 0.15) is 24.1 Å². The number of benzene rings is 1. The van der Waals surface area contributed by atoms with Gasteiger partial charge in [0.2, 0.25) is 0 Å². The number of aromatic nitrogens is 2. The molecule has 0 bridgehead atoms. The van der Waals surface area contributed by atoms with E-state index < -0.39 is 0 Å². The van der Waals surface area contributed by atoms with Crippen LogP contribution in [0.5, 0.6) is 0 Å². The van der Waals surface area contributed by atoms with Crippen LogP contribution < -0.4 is 5.32 Å². The van der Waals surface area contributed by atoms with Gasteiger partial charge in [0.15, 0.2) is 0 Å². The fourth-order valence-corrected chi connectivity index (χ4v) is 2.60. The normalized spacial score (nSPS) is 12.4. The molecular formula is C13H13FIN3. The monoisotopic (exact) mass is 357 g/mol. The lowest BCUT2D eigenvalue weighted by atomic mass is 10.0. The lowest BCUT2D eigenvalue weighted by Crippen LogP contribution is -2.23. The number of hydrogen-bond donors (Lipinski definition) is 1. The van der Waals surface area contributed by atoms with Crippen molar-refractivity contribution in [1.29, 1.82) is 0 Å². The van der Waals surface area contributed by atoms with Crippen molar-refractivity contribution < 1.29 is 4.39 Å². The van der Waals surface area contributed by atoms with E-state index in [0.29, 0.717) is 0 Å². The van der Waals surface area contributed by atoms with Crippen molar-refractivity contribution in [2.24, 2.45) is 0 Å². The van der Waals surface area contributed by atoms with Crippen LogP contribution in [-0.2, 0) is 0 Å². The van der Waals surface area contributed by atoms with Crippen molar-refractivity contribution in [1.82, 2.24) is 15.3 Å². The summed E-state index contributed by atoms with van der Waals surface area (Å²) in [6, 6.07) is 4.80. The summed E-state index contributed by atoms with van der Waals surface area (Å²) >= 11 is 2.15. The van der Waals surface area contributed by atoms with E-state index in [4.69, 9.17) is 0 Å². The molecule has 1 N–H and O–H groups in total. The minimum atomic E-state index is -0.220. The molecule has 2 rings (SSSR count). The van der Waals surface area contributed by atoms with Crippen LogP contribution in [-0.4, -0.2) is 16.5 Å². The molecule has 2 aromatic rings. The van der Waals surface area contributed by atoms with Crippen molar-refractivity contribution in [2.45, 2.75) is 13.0 Å². The Morgan fingerprint density at radius 2 is 2.06 bits per heavy atom. The average Bonchev–Trinajstić information content (AvgIpc) is 2.38. The van der Waals surface area contributed by atoms with Crippen molar-refractivity contribution in [3.63, 3.8) is 0 Å². The second-order valence-corrected chi connectivity index (χ2v) is 4.99. The van der Waals surface area contributed by atoms with Crippen molar-refractivity contribution in [3.05, 3.63) is 57.4 Å². The summed E-state index contributed by atoms with van der Waals surface area (Å²) in [4.78, 5) is 8.07. The number of hydrogen-bond acceptors (Lipinski definition) is 3. The molecule has 0 fully saturated rings. The Balaban J connectivity index is 2.41. The SMILES string of the molecule is CCNC(c1cncnc1)c1ccc(F)cc1I. The maximum absolute atomic E-state index is 13.1. The Labute approximate surface area is 119 Å². The molecule has 1 unspecified atom stereocenters. The van der Waals surface area contributed by atoms with Crippen LogP contribution in [0.25, 0.3) is 0 Å². The smallest absolute Gasteiger partial charge is 0.124 e. The molecule has 1 aromatic carbocycles. The van der Waals surface area contributed by atoms with E-state index in [0.717, 1.165) is 21.2 Å². The zero-order valence-corrected chi connectivity index (χ0v) is 12.1. The van der Waals surface area contributed by atoms with Crippen molar-refractivity contribution in [2.75, 3.05) is 6.54 Å². The molecule has 1 aromatic heterocycles. The van der Waals surface area contributed by atoms with Gasteiger partial charge in [0.25, 0.3) is 0 Å². The van der Waals surface area contributed by atoms with Gasteiger partial charge in [-0.05, 0) is 46.8 Å². The van der Waals surface area contributed by atoms with E-state index in [1.54, 1.807) is 18.5 Å². The van der Waals surface area contributed by atoms with Crippen LogP contribution in [0, 0.1) is 9.39 Å². The quantitative estimate of drug-likeness (QED) is 0.856. The molecule has 0 radical (unpaired) electrons. The molecule has 18 heavy (non-hydrogen) atoms. The van der Waals surface area contributed by atoms with Crippen LogP contribution in [0.4, 0.5) is 4.39 Å². The second-order valence-electron chi connectivity index (χ2n) is 3.83. The summed E-state index contributed by atoms with van der Waals surface area (Å²) in [5.41, 5.74) is 2.01. The van der Waals surface area contributed by atoms with Gasteiger partial charge in [-0.1, -0.05) is 13.0 Å². The molecule has 1 atom stereocenters. The van der Waals surface area contributed by atoms with Crippen molar-refractivity contribution >= 4 is 22.6 Å². The average molecular weight is 357 g/mol. The Kier molecular flexibility index (Phi) is 4.60. The molecule has 0 spiro atoms. The van der Waals surface area contributed by atoms with Gasteiger partial charge in [-0.2, -0.15) is 0 Å². The maximum Gasteiger partial charge on any atom is 0.124 e. The third-order valence-corrected chi connectivity index (χ3v) is 3.53. The van der Waals surface area contributed by atoms with E-state index >= 15 is 0 Å². The summed E-state index contributed by atoms with van der Waals surface area (Å²) in [5, 5.41) is 3.37. The summed E-state index contributed by atoms with van der Waals surface area (Å²) in [6.45, 7) is 2.85. The highest BCUT2D eigenvalue weighted by Crippen LogP contribution is 2.26. The summed E-state index contributed by atoms with van der Waals surface area (Å²) in [5.74, 6) is -0.220. The Bertz CT molecular complexity index is 519. The fraction of sp³-hybridized carbons (Fsp3) is 0.231. The molecule has 0 saturated heterocycles. The largest absolute Gasteiger partial charge is 0.306 e. The molecule has 0 aliphatic carbocycles. The van der Waals surface area contributed by atoms with Gasteiger partial charge in [0.1, 0.15) is 12.1 Å². The fourth-order valence-electron chi connectivity index (χ4n) is 1.81. The van der Waals surface area contributed by atoms with Gasteiger partial charge in [-0.15, -0.1) is 0 Å². The zero-order valence-electron chi connectivity index (χ0n) is 9.90. The Morgan fingerprint density at radius 1 is 1.33 bits per heavy atom. The first-order valence-electron chi connectivity index (χ1n) is 5.65. The number of nitrogens with one attached hydrogen (secondary N) is 1. The van der Waals surface area contributed by atoms with Crippen LogP contribution in [0.15, 0.2) is 36.9 Å². The highest BCUT2D eigenvalue weighted by molar-refractivity contribution is 14.1. The lowest BCUT2D eigenvalue weighted by molar-refractivity contribution is 0.608. The number of nitrogens with zero attached hydrogens (tertiary/aromatic N) is 2. The third kappa shape index (κ3) is 3.02. The van der Waals surface area contributed by atoms with Gasteiger partial charge in [-0.25, -0.2) is 14.4 Å². The summed E-state index contributed by atoms with van der Waals surface area (Å²) < 4.78 is 14.0. The summed E-state index contributed by atoms with van der Waals surface area (Å²) in [6.07, 6.45) is 5.06. The van der Waals surface area contributed by atoms with Crippen LogP contribution in [0.3, 0.4) is 0 Å². The molecule has 0 amide bonds. The molecule has 5 heteroatoms. The van der Waals surface area contributed by atoms with Gasteiger partial charge in [-0.3, -0.25) is 0 Å². The molecule has 94 valence electrons. The van der Waals surface area contributed by atoms with E-state index in [1.807, 2.05) is 6.92 Å². The van der Waals surface area contributed by atoms with Gasteiger partial charge in [0.05, 0.1) is 6.04 Å². The topological polar surface area (TPSA) is 37.8 Å². The Hall–Kier alpha value is -1.08. The van der Waals surface area contributed by atoms with Gasteiger partial charge in [0, 0.05) is 21.5 Å². The van der Waals surface area contributed by atoms with E-state index in [9.17, 15) is 4.39 Å². The van der Waals surface area contributed by atoms with Crippen LogP contribution >= 0.6 is 22.6 Å². The minimum absolute atomic E-state index is 0.0105. The second kappa shape index (κ2) is 6.19. The first kappa shape index (κ1) is 13.4. The maximum atomic E-state index is 13.1. The molecule has 3 nitrogen and oxygen atoms in total. The predicted molar refractivity (Wildman–Crippen MR) is 76.7 cm³/mol. The van der Waals surface area contributed by atoms with Crippen molar-refractivity contribution in [3.8, 4) is 0 Å². The first-order chi connectivity index (χ1) is 8.72. The summed E-state index contributed by atoms with van der Waals surface area (Å²) in [7, 11) is 0. The van der Waals surface area contributed by atoms with E-state index in [1.165, 1.54) is 18.5 Å². The van der Waals surface area contributed by atoms with Crippen LogP contribution in [0.2, 0.25) is 0 Å². The first-order valence-corrected chi connectivity index (χ1v) is 6.73.